The second-order valence-electron chi connectivity index (χ2n) is 6.77. The lowest BCUT2D eigenvalue weighted by molar-refractivity contribution is -0.171. The summed E-state index contributed by atoms with van der Waals surface area (Å²) in [7, 11) is 3.26. The minimum atomic E-state index is -1.35. The summed E-state index contributed by atoms with van der Waals surface area (Å²) in [6.45, 7) is 3.80. The number of benzene rings is 2. The normalized spacial score (nSPS) is 26.0. The van der Waals surface area contributed by atoms with Gasteiger partial charge < -0.3 is 28.8 Å². The van der Waals surface area contributed by atoms with Crippen molar-refractivity contribution < 1.29 is 28.8 Å². The molecule has 1 N–H and O–H groups in total. The summed E-state index contributed by atoms with van der Waals surface area (Å²) in [6, 6.07) is 9.36. The third-order valence-electron chi connectivity index (χ3n) is 5.27. The highest BCUT2D eigenvalue weighted by atomic mass is 16.7. The first-order chi connectivity index (χ1) is 12.4. The molecule has 138 valence electrons. The molecule has 6 nitrogen and oxygen atoms in total. The molecule has 0 aliphatic carbocycles. The van der Waals surface area contributed by atoms with E-state index < -0.39 is 5.79 Å². The fourth-order valence-electron chi connectivity index (χ4n) is 3.68. The van der Waals surface area contributed by atoms with Crippen molar-refractivity contribution in [2.24, 2.45) is 5.92 Å². The fraction of sp³-hybridized carbons (Fsp3) is 0.400. The molecule has 0 aromatic heterocycles. The molecule has 2 aliphatic heterocycles. The number of ether oxygens (including phenoxy) is 5. The van der Waals surface area contributed by atoms with Crippen LogP contribution in [0.4, 0.5) is 0 Å². The minimum absolute atomic E-state index is 0.173. The monoisotopic (exact) mass is 358 g/mol. The average Bonchev–Trinajstić information content (AvgIpc) is 3.08. The summed E-state index contributed by atoms with van der Waals surface area (Å²) in [5.41, 5.74) is 1.84. The van der Waals surface area contributed by atoms with Gasteiger partial charge in [0.15, 0.2) is 11.5 Å². The lowest BCUT2D eigenvalue weighted by Crippen LogP contribution is -2.45. The fourth-order valence-corrected chi connectivity index (χ4v) is 3.68. The molecule has 2 aromatic rings. The second kappa shape index (κ2) is 5.99. The number of methoxy groups -OCH3 is 2. The van der Waals surface area contributed by atoms with E-state index in [9.17, 15) is 5.11 Å². The van der Waals surface area contributed by atoms with Gasteiger partial charge in [-0.2, -0.15) is 0 Å². The predicted molar refractivity (Wildman–Crippen MR) is 94.4 cm³/mol. The zero-order chi connectivity index (χ0) is 18.5. The van der Waals surface area contributed by atoms with Crippen LogP contribution in [-0.4, -0.2) is 31.9 Å². The van der Waals surface area contributed by atoms with Gasteiger partial charge in [0.1, 0.15) is 17.2 Å². The maximum atomic E-state index is 10.9. The van der Waals surface area contributed by atoms with Gasteiger partial charge in [-0.05, 0) is 24.3 Å². The largest absolute Gasteiger partial charge is 0.497 e. The van der Waals surface area contributed by atoms with Crippen LogP contribution >= 0.6 is 0 Å². The van der Waals surface area contributed by atoms with E-state index in [1.807, 2.05) is 31.2 Å². The third-order valence-corrected chi connectivity index (χ3v) is 5.27. The summed E-state index contributed by atoms with van der Waals surface area (Å²) in [6.07, 6.45) is 0. The molecule has 4 rings (SSSR count). The van der Waals surface area contributed by atoms with Gasteiger partial charge in [-0.15, -0.1) is 0 Å². The van der Waals surface area contributed by atoms with E-state index in [2.05, 4.69) is 0 Å². The third kappa shape index (κ3) is 2.52. The SMILES string of the molecule is COc1ccc(OC)c([C@@H]2c3cc4c(cc3O[C@](C)(O)[C@@H]2C)OCO4)c1. The Morgan fingerprint density at radius 2 is 1.73 bits per heavy atom. The number of hydrogen-bond acceptors (Lipinski definition) is 6. The van der Waals surface area contributed by atoms with Crippen molar-refractivity contribution in [1.82, 2.24) is 0 Å². The van der Waals surface area contributed by atoms with Crippen molar-refractivity contribution in [3.05, 3.63) is 41.5 Å². The van der Waals surface area contributed by atoms with E-state index >= 15 is 0 Å². The lowest BCUT2D eigenvalue weighted by atomic mass is 9.75. The molecule has 3 atom stereocenters. The highest BCUT2D eigenvalue weighted by Crippen LogP contribution is 2.53. The topological polar surface area (TPSA) is 66.4 Å². The maximum Gasteiger partial charge on any atom is 0.231 e. The van der Waals surface area contributed by atoms with E-state index in [0.717, 1.165) is 22.6 Å². The van der Waals surface area contributed by atoms with Gasteiger partial charge in [0, 0.05) is 36.0 Å². The van der Waals surface area contributed by atoms with Gasteiger partial charge in [-0.25, -0.2) is 0 Å². The molecular weight excluding hydrogens is 336 g/mol. The zero-order valence-corrected chi connectivity index (χ0v) is 15.2. The quantitative estimate of drug-likeness (QED) is 0.908. The number of fused-ring (bicyclic) bond motifs is 2. The van der Waals surface area contributed by atoms with E-state index in [0.29, 0.717) is 17.2 Å². The molecule has 0 saturated heterocycles. The van der Waals surface area contributed by atoms with Crippen LogP contribution in [0.25, 0.3) is 0 Å². The Bertz CT molecular complexity index is 844. The molecule has 2 aromatic carbocycles. The van der Waals surface area contributed by atoms with Crippen LogP contribution in [0.2, 0.25) is 0 Å². The van der Waals surface area contributed by atoms with Gasteiger partial charge in [-0.3, -0.25) is 0 Å². The molecule has 0 spiro atoms. The Morgan fingerprint density at radius 1 is 1.00 bits per heavy atom. The van der Waals surface area contributed by atoms with Crippen molar-refractivity contribution in [1.29, 1.82) is 0 Å². The molecule has 26 heavy (non-hydrogen) atoms. The van der Waals surface area contributed by atoms with Crippen molar-refractivity contribution >= 4 is 0 Å². The summed E-state index contributed by atoms with van der Waals surface area (Å²) in [5, 5.41) is 10.9. The highest BCUT2D eigenvalue weighted by molar-refractivity contribution is 5.58. The van der Waals surface area contributed by atoms with Gasteiger partial charge in [0.25, 0.3) is 0 Å². The molecule has 0 unspecified atom stereocenters. The minimum Gasteiger partial charge on any atom is -0.497 e. The van der Waals surface area contributed by atoms with Crippen LogP contribution in [0, 0.1) is 5.92 Å². The molecule has 0 amide bonds. The standard InChI is InChI=1S/C20H22O6/c1-11-19(13-7-12(22-3)5-6-15(13)23-4)14-8-17-18(25-10-24-17)9-16(14)26-20(11,2)21/h5-9,11,19,21H,10H2,1-4H3/t11-,19-,20+/m1/s1. The van der Waals surface area contributed by atoms with Crippen LogP contribution in [0.3, 0.4) is 0 Å². The number of hydrogen-bond donors (Lipinski definition) is 1. The lowest BCUT2D eigenvalue weighted by Gasteiger charge is -2.42. The molecule has 2 heterocycles. The number of rotatable bonds is 3. The molecule has 0 radical (unpaired) electrons. The second-order valence-corrected chi connectivity index (χ2v) is 6.77. The first kappa shape index (κ1) is 16.8. The van der Waals surface area contributed by atoms with Crippen LogP contribution < -0.4 is 23.7 Å². The Kier molecular flexibility index (Phi) is 3.88. The first-order valence-electron chi connectivity index (χ1n) is 8.51. The maximum absolute atomic E-state index is 10.9. The van der Waals surface area contributed by atoms with Crippen LogP contribution in [0.15, 0.2) is 30.3 Å². The van der Waals surface area contributed by atoms with Gasteiger partial charge in [0.2, 0.25) is 12.6 Å². The van der Waals surface area contributed by atoms with Crippen molar-refractivity contribution in [2.75, 3.05) is 21.0 Å². The van der Waals surface area contributed by atoms with Crippen LogP contribution in [-0.2, 0) is 0 Å². The van der Waals surface area contributed by atoms with E-state index in [1.54, 1.807) is 27.2 Å². The summed E-state index contributed by atoms with van der Waals surface area (Å²) in [4.78, 5) is 0. The van der Waals surface area contributed by atoms with Crippen LogP contribution in [0.5, 0.6) is 28.7 Å². The molecular formula is C20H22O6. The molecule has 6 heteroatoms. The highest BCUT2D eigenvalue weighted by Gasteiger charge is 2.45. The van der Waals surface area contributed by atoms with Gasteiger partial charge in [-0.1, -0.05) is 6.92 Å². The first-order valence-corrected chi connectivity index (χ1v) is 8.51. The van der Waals surface area contributed by atoms with Gasteiger partial charge in [0.05, 0.1) is 14.2 Å². The zero-order valence-electron chi connectivity index (χ0n) is 15.2. The van der Waals surface area contributed by atoms with Crippen molar-refractivity contribution in [3.8, 4) is 28.7 Å². The Hall–Kier alpha value is -2.60. The van der Waals surface area contributed by atoms with Crippen LogP contribution in [0.1, 0.15) is 30.9 Å². The van der Waals surface area contributed by atoms with Crippen molar-refractivity contribution in [3.63, 3.8) is 0 Å². The Morgan fingerprint density at radius 3 is 2.42 bits per heavy atom. The molecule has 0 bridgehead atoms. The molecule has 0 fully saturated rings. The summed E-state index contributed by atoms with van der Waals surface area (Å²) in [5.74, 6) is 1.56. The van der Waals surface area contributed by atoms with E-state index in [4.69, 9.17) is 23.7 Å². The summed E-state index contributed by atoms with van der Waals surface area (Å²) >= 11 is 0. The smallest absolute Gasteiger partial charge is 0.231 e. The predicted octanol–water partition coefficient (Wildman–Crippen LogP) is 3.30. The van der Waals surface area contributed by atoms with E-state index in [-0.39, 0.29) is 18.6 Å². The summed E-state index contributed by atoms with van der Waals surface area (Å²) < 4.78 is 27.9. The Labute approximate surface area is 152 Å². The average molecular weight is 358 g/mol. The van der Waals surface area contributed by atoms with Crippen molar-refractivity contribution in [2.45, 2.75) is 25.6 Å². The Balaban J connectivity index is 1.93. The number of aliphatic hydroxyl groups is 1. The van der Waals surface area contributed by atoms with E-state index in [1.165, 1.54) is 0 Å². The van der Waals surface area contributed by atoms with Gasteiger partial charge >= 0.3 is 0 Å². The molecule has 2 aliphatic rings. The molecule has 0 saturated carbocycles.